The van der Waals surface area contributed by atoms with Crippen molar-refractivity contribution in [2.45, 2.75) is 56.5 Å². The minimum atomic E-state index is -3.75. The van der Waals surface area contributed by atoms with Crippen LogP contribution in [0.1, 0.15) is 20.3 Å². The number of aliphatic hydroxyl groups is 3. The number of Topliss-reactive ketones (excluding diaryl/α,β-unsaturated/α-hetero) is 1. The van der Waals surface area contributed by atoms with Crippen LogP contribution in [0.15, 0.2) is 0 Å². The molecule has 1 heterocycles. The largest absolute Gasteiger partial charge is 0.566 e. The molecular weight excluding hydrogens is 511 g/mol. The summed E-state index contributed by atoms with van der Waals surface area (Å²) < 4.78 is 25.7. The molecule has 0 aromatic carbocycles. The average molecular weight is 545 g/mol. The van der Waals surface area contributed by atoms with Gasteiger partial charge in [-0.05, 0) is 4.57 Å². The fourth-order valence-corrected chi connectivity index (χ4v) is 4.79. The topological polar surface area (TPSA) is 224 Å². The number of nitrogens with one attached hydrogen (secondary N) is 2. The van der Waals surface area contributed by atoms with Gasteiger partial charge in [-0.3, -0.25) is 9.59 Å². The van der Waals surface area contributed by atoms with E-state index in [9.17, 15) is 44.3 Å². The second kappa shape index (κ2) is 15.1. The van der Waals surface area contributed by atoms with E-state index in [-0.39, 0.29) is 24.8 Å². The lowest BCUT2D eigenvalue weighted by Crippen LogP contribution is -2.67. The Kier molecular flexibility index (Phi) is 13.7. The maximum absolute atomic E-state index is 12.2. The van der Waals surface area contributed by atoms with Gasteiger partial charge in [-0.15, -0.1) is 0 Å². The van der Waals surface area contributed by atoms with Crippen molar-refractivity contribution in [1.29, 1.82) is 0 Å². The molecule has 8 unspecified atom stereocenters. The third kappa shape index (κ3) is 9.96. The van der Waals surface area contributed by atoms with Gasteiger partial charge in [0.15, 0.2) is 0 Å². The Morgan fingerprint density at radius 2 is 2.00 bits per heavy atom. The fraction of sp³-hybridized carbons (Fsp3) is 0.842. The molecule has 35 heavy (non-hydrogen) atoms. The number of carbonyl (C=O) groups is 3. The number of carboxylic acids is 1. The Bertz CT molecular complexity index is 747. The molecule has 16 heteroatoms. The van der Waals surface area contributed by atoms with Gasteiger partial charge >= 0.3 is 20.0 Å². The minimum Gasteiger partial charge on any atom is -0.566 e. The lowest BCUT2D eigenvalue weighted by atomic mass is 9.88. The highest BCUT2D eigenvalue weighted by Crippen LogP contribution is 2.37. The van der Waals surface area contributed by atoms with Gasteiger partial charge < -0.3 is 45.4 Å². The molecule has 0 aromatic rings. The molecule has 1 fully saturated rings. The highest BCUT2D eigenvalue weighted by atomic mass is 32.2. The van der Waals surface area contributed by atoms with Gasteiger partial charge in [-0.2, -0.15) is 11.8 Å². The number of hydrogen-bond donors (Lipinski definition) is 6. The zero-order valence-corrected chi connectivity index (χ0v) is 21.3. The predicted octanol–water partition coefficient (Wildman–Crippen LogP) is -2.65. The molecule has 0 aromatic heterocycles. The van der Waals surface area contributed by atoms with Gasteiger partial charge in [0.2, 0.25) is 5.91 Å². The summed E-state index contributed by atoms with van der Waals surface area (Å²) in [6.45, 7) is 2.94. The highest BCUT2D eigenvalue weighted by molar-refractivity contribution is 7.99. The molecule has 0 aliphatic carbocycles. The molecule has 1 saturated heterocycles. The maximum atomic E-state index is 12.2. The Labute approximate surface area is 207 Å². The number of ether oxygens (including phenoxy) is 2. The SMILES string of the molecule is COCCSCC(C)C(=O)CNCC(O)C(O)C1OC(O[P+](=O)[O-])(C(=O)O)CC(O)C1NC(C)=O. The average Bonchev–Trinajstić information content (AvgIpc) is 2.76. The summed E-state index contributed by atoms with van der Waals surface area (Å²) in [7, 11) is -2.17. The summed E-state index contributed by atoms with van der Waals surface area (Å²) in [6, 6.07) is -1.40. The number of aliphatic carboxylic acids is 1. The van der Waals surface area contributed by atoms with Crippen LogP contribution in [0.25, 0.3) is 0 Å². The second-order valence-electron chi connectivity index (χ2n) is 8.08. The summed E-state index contributed by atoms with van der Waals surface area (Å²) in [5.41, 5.74) is 0. The monoisotopic (exact) mass is 544 g/mol. The van der Waals surface area contributed by atoms with Crippen LogP contribution in [0.5, 0.6) is 0 Å². The van der Waals surface area contributed by atoms with Crippen LogP contribution < -0.4 is 15.5 Å². The van der Waals surface area contributed by atoms with Crippen LogP contribution in [0.3, 0.4) is 0 Å². The van der Waals surface area contributed by atoms with Crippen molar-refractivity contribution >= 4 is 37.7 Å². The first-order chi connectivity index (χ1) is 16.3. The van der Waals surface area contributed by atoms with Gasteiger partial charge in [0.05, 0.1) is 31.4 Å². The number of methoxy groups -OCH3 is 1. The molecule has 0 radical (unpaired) electrons. The number of ketones is 1. The van der Waals surface area contributed by atoms with E-state index in [1.54, 1.807) is 25.8 Å². The van der Waals surface area contributed by atoms with Gasteiger partial charge in [0.25, 0.3) is 0 Å². The molecule has 0 saturated carbocycles. The van der Waals surface area contributed by atoms with Gasteiger partial charge in [-0.25, -0.2) is 4.79 Å². The van der Waals surface area contributed by atoms with Crippen LogP contribution in [-0.4, -0.2) is 113 Å². The normalized spacial score (nSPS) is 27.5. The van der Waals surface area contributed by atoms with E-state index in [1.807, 2.05) is 0 Å². The third-order valence-corrected chi connectivity index (χ3v) is 6.86. The third-order valence-electron chi connectivity index (χ3n) is 5.22. The van der Waals surface area contributed by atoms with Crippen LogP contribution >= 0.6 is 20.0 Å². The van der Waals surface area contributed by atoms with Crippen molar-refractivity contribution in [3.8, 4) is 0 Å². The molecule has 0 bridgehead atoms. The lowest BCUT2D eigenvalue weighted by molar-refractivity contribution is -0.298. The first-order valence-corrected chi connectivity index (χ1v) is 13.0. The van der Waals surface area contributed by atoms with Crippen molar-refractivity contribution in [2.75, 3.05) is 38.3 Å². The summed E-state index contributed by atoms with van der Waals surface area (Å²) in [5.74, 6) is -4.57. The van der Waals surface area contributed by atoms with E-state index in [0.29, 0.717) is 12.4 Å². The molecule has 1 rings (SSSR count). The molecular formula is C19H33N2O12PS. The number of rotatable bonds is 16. The highest BCUT2D eigenvalue weighted by Gasteiger charge is 2.59. The van der Waals surface area contributed by atoms with E-state index in [0.717, 1.165) is 12.7 Å². The van der Waals surface area contributed by atoms with Crippen molar-refractivity contribution in [3.05, 3.63) is 0 Å². The fourth-order valence-electron chi connectivity index (χ4n) is 3.37. The number of amides is 1. The Morgan fingerprint density at radius 3 is 2.54 bits per heavy atom. The van der Waals surface area contributed by atoms with E-state index in [2.05, 4.69) is 15.2 Å². The van der Waals surface area contributed by atoms with Crippen molar-refractivity contribution in [3.63, 3.8) is 0 Å². The Hall–Kier alpha value is -1.26. The number of hydrogen-bond acceptors (Lipinski definition) is 13. The molecule has 1 aliphatic rings. The van der Waals surface area contributed by atoms with E-state index >= 15 is 0 Å². The molecule has 14 nitrogen and oxygen atoms in total. The van der Waals surface area contributed by atoms with E-state index in [1.165, 1.54) is 0 Å². The van der Waals surface area contributed by atoms with E-state index < -0.39 is 62.8 Å². The van der Waals surface area contributed by atoms with E-state index in [4.69, 9.17) is 9.47 Å². The standard InChI is InChI=1S/C19H33N2O12PS/c1-10(9-35-5-4-31-3)13(24)7-20-8-14(25)16(26)17-15(21-11(2)22)12(23)6-19(32-17,18(27)28)33-34(29)30/h10,12,14-17,20,23,25-26H,4-9H2,1-3H3,(H,21,22)(H,27,28). The van der Waals surface area contributed by atoms with Crippen molar-refractivity contribution in [1.82, 2.24) is 10.6 Å². The van der Waals surface area contributed by atoms with Gasteiger partial charge in [-0.1, -0.05) is 11.4 Å². The molecule has 8 atom stereocenters. The van der Waals surface area contributed by atoms with Crippen LogP contribution in [0, 0.1) is 5.92 Å². The van der Waals surface area contributed by atoms with Crippen molar-refractivity contribution in [2.24, 2.45) is 5.92 Å². The Morgan fingerprint density at radius 1 is 1.34 bits per heavy atom. The van der Waals surface area contributed by atoms with Crippen LogP contribution in [0.4, 0.5) is 0 Å². The number of carbonyl (C=O) groups excluding carboxylic acids is 2. The van der Waals surface area contributed by atoms with Crippen LogP contribution in [0.2, 0.25) is 0 Å². The zero-order chi connectivity index (χ0) is 26.8. The quantitative estimate of drug-likeness (QED) is 0.0863. The molecule has 1 aliphatic heterocycles. The lowest BCUT2D eigenvalue weighted by Gasteiger charge is -2.44. The summed E-state index contributed by atoms with van der Waals surface area (Å²) in [6.07, 6.45) is -7.96. The molecule has 1 amide bonds. The van der Waals surface area contributed by atoms with Gasteiger partial charge in [0.1, 0.15) is 18.0 Å². The summed E-state index contributed by atoms with van der Waals surface area (Å²) in [4.78, 5) is 46.6. The second-order valence-corrected chi connectivity index (χ2v) is 9.86. The van der Waals surface area contributed by atoms with Crippen LogP contribution in [-0.2, 0) is 32.9 Å². The van der Waals surface area contributed by atoms with Gasteiger partial charge in [0, 0.05) is 44.4 Å². The smallest absolute Gasteiger partial charge is 0.492 e. The Balaban J connectivity index is 2.84. The summed E-state index contributed by atoms with van der Waals surface area (Å²) in [5, 5.41) is 46.0. The summed E-state index contributed by atoms with van der Waals surface area (Å²) >= 11 is 1.55. The molecule has 0 spiro atoms. The minimum absolute atomic E-state index is 0.127. The first-order valence-electron chi connectivity index (χ1n) is 10.7. The zero-order valence-electron chi connectivity index (χ0n) is 19.6. The van der Waals surface area contributed by atoms with Crippen molar-refractivity contribution < 1.29 is 58.3 Å². The number of carboxylic acid groups (broad SMARTS) is 1. The molecule has 6 N–H and O–H groups in total. The number of thioether (sulfide) groups is 1. The predicted molar refractivity (Wildman–Crippen MR) is 120 cm³/mol. The number of aliphatic hydroxyl groups excluding tert-OH is 3. The first kappa shape index (κ1) is 31.8. The maximum Gasteiger partial charge on any atom is 0.492 e. The molecule has 202 valence electrons.